The lowest BCUT2D eigenvalue weighted by molar-refractivity contribution is 0.654. The van der Waals surface area contributed by atoms with Crippen LogP contribution in [-0.4, -0.2) is 9.55 Å². The summed E-state index contributed by atoms with van der Waals surface area (Å²) in [7, 11) is 0. The Morgan fingerprint density at radius 2 is 0.961 bits per heavy atom. The molecule has 4 heteroatoms. The molecule has 0 spiro atoms. The first-order valence-corrected chi connectivity index (χ1v) is 17.2. The van der Waals surface area contributed by atoms with Crippen LogP contribution >= 0.6 is 0 Å². The minimum Gasteiger partial charge on any atom is -0.438 e. The van der Waals surface area contributed by atoms with Gasteiger partial charge in [-0.2, -0.15) is 0 Å². The highest BCUT2D eigenvalue weighted by Gasteiger charge is 2.18. The Balaban J connectivity index is 1.05. The van der Waals surface area contributed by atoms with Crippen LogP contribution < -0.4 is 4.90 Å². The van der Waals surface area contributed by atoms with Gasteiger partial charge >= 0.3 is 0 Å². The van der Waals surface area contributed by atoms with E-state index in [1.165, 1.54) is 27.4 Å². The minimum absolute atomic E-state index is 0.656. The number of nitrogens with zero attached hydrogens (tertiary/aromatic N) is 3. The summed E-state index contributed by atoms with van der Waals surface area (Å²) >= 11 is 0. The zero-order valence-corrected chi connectivity index (χ0v) is 27.6. The van der Waals surface area contributed by atoms with E-state index in [4.69, 9.17) is 4.42 Å². The number of fused-ring (bicyclic) bond motifs is 6. The fourth-order valence-electron chi connectivity index (χ4n) is 7.59. The SMILES string of the molecule is c1ccc(N(c2ccc(-c3ccccc3-n3c4ccccc4c4ccccc43)cc2)c2ccc(-c3ccnc4oc5ccccc5c34)cc2)cc1. The first-order valence-electron chi connectivity index (χ1n) is 17.2. The van der Waals surface area contributed by atoms with Crippen molar-refractivity contribution in [1.82, 2.24) is 9.55 Å². The van der Waals surface area contributed by atoms with E-state index in [1.807, 2.05) is 24.4 Å². The highest BCUT2D eigenvalue weighted by atomic mass is 16.3. The van der Waals surface area contributed by atoms with E-state index in [-0.39, 0.29) is 0 Å². The molecule has 0 atom stereocenters. The molecule has 3 heterocycles. The zero-order valence-electron chi connectivity index (χ0n) is 27.6. The van der Waals surface area contributed by atoms with Crippen LogP contribution in [0.2, 0.25) is 0 Å². The van der Waals surface area contributed by atoms with Gasteiger partial charge in [0.25, 0.3) is 0 Å². The third-order valence-electron chi connectivity index (χ3n) is 9.89. The van der Waals surface area contributed by atoms with Crippen molar-refractivity contribution in [3.63, 3.8) is 0 Å². The van der Waals surface area contributed by atoms with E-state index in [0.29, 0.717) is 5.71 Å². The second-order valence-electron chi connectivity index (χ2n) is 12.8. The quantitative estimate of drug-likeness (QED) is 0.179. The highest BCUT2D eigenvalue weighted by molar-refractivity contribution is 6.11. The van der Waals surface area contributed by atoms with Crippen molar-refractivity contribution in [3.05, 3.63) is 188 Å². The molecule has 10 aromatic rings. The number of para-hydroxylation sites is 5. The highest BCUT2D eigenvalue weighted by Crippen LogP contribution is 2.41. The van der Waals surface area contributed by atoms with Crippen molar-refractivity contribution in [2.75, 3.05) is 4.90 Å². The van der Waals surface area contributed by atoms with Gasteiger partial charge in [-0.15, -0.1) is 0 Å². The monoisotopic (exact) mass is 653 g/mol. The minimum atomic E-state index is 0.656. The molecule has 0 N–H and O–H groups in total. The Morgan fingerprint density at radius 3 is 1.65 bits per heavy atom. The molecule has 0 saturated heterocycles. The van der Waals surface area contributed by atoms with Crippen molar-refractivity contribution < 1.29 is 4.42 Å². The fraction of sp³-hybridized carbons (Fsp3) is 0. The Labute approximate surface area is 295 Å². The average molecular weight is 654 g/mol. The summed E-state index contributed by atoms with van der Waals surface area (Å²) in [6.45, 7) is 0. The van der Waals surface area contributed by atoms with E-state index < -0.39 is 0 Å². The number of hydrogen-bond acceptors (Lipinski definition) is 3. The van der Waals surface area contributed by atoms with Gasteiger partial charge in [0.1, 0.15) is 5.58 Å². The third kappa shape index (κ3) is 4.80. The van der Waals surface area contributed by atoms with Gasteiger partial charge in [-0.05, 0) is 83.4 Å². The van der Waals surface area contributed by atoms with E-state index in [1.54, 1.807) is 0 Å². The molecule has 0 aliphatic heterocycles. The van der Waals surface area contributed by atoms with E-state index in [9.17, 15) is 0 Å². The van der Waals surface area contributed by atoms with Gasteiger partial charge in [-0.1, -0.05) is 115 Å². The zero-order chi connectivity index (χ0) is 33.7. The van der Waals surface area contributed by atoms with Gasteiger partial charge in [0.15, 0.2) is 0 Å². The molecule has 0 amide bonds. The maximum absolute atomic E-state index is 6.08. The van der Waals surface area contributed by atoms with Gasteiger partial charge in [0, 0.05) is 45.0 Å². The number of furan rings is 1. The second kappa shape index (κ2) is 11.9. The first kappa shape index (κ1) is 29.0. The third-order valence-corrected chi connectivity index (χ3v) is 9.89. The molecule has 0 radical (unpaired) electrons. The lowest BCUT2D eigenvalue weighted by Gasteiger charge is -2.26. The van der Waals surface area contributed by atoms with Crippen LogP contribution in [0.5, 0.6) is 0 Å². The Morgan fingerprint density at radius 1 is 0.431 bits per heavy atom. The predicted octanol–water partition coefficient (Wildman–Crippen LogP) is 12.9. The predicted molar refractivity (Wildman–Crippen MR) is 211 cm³/mol. The van der Waals surface area contributed by atoms with Gasteiger partial charge in [-0.25, -0.2) is 4.98 Å². The molecular formula is C47H31N3O. The fourth-order valence-corrected chi connectivity index (χ4v) is 7.59. The Hall–Kier alpha value is -6.91. The smallest absolute Gasteiger partial charge is 0.227 e. The number of aromatic nitrogens is 2. The van der Waals surface area contributed by atoms with Gasteiger partial charge < -0.3 is 13.9 Å². The number of hydrogen-bond donors (Lipinski definition) is 0. The van der Waals surface area contributed by atoms with Crippen LogP contribution in [0.25, 0.3) is 71.8 Å². The number of rotatable bonds is 6. The largest absolute Gasteiger partial charge is 0.438 e. The number of anilines is 3. The normalized spacial score (nSPS) is 11.5. The van der Waals surface area contributed by atoms with Crippen molar-refractivity contribution in [3.8, 4) is 27.9 Å². The molecule has 51 heavy (non-hydrogen) atoms. The molecule has 0 saturated carbocycles. The molecule has 3 aromatic heterocycles. The van der Waals surface area contributed by atoms with Crippen molar-refractivity contribution in [2.45, 2.75) is 0 Å². The van der Waals surface area contributed by atoms with Gasteiger partial charge in [0.05, 0.1) is 22.1 Å². The van der Waals surface area contributed by atoms with Crippen LogP contribution in [0.4, 0.5) is 17.1 Å². The molecule has 4 nitrogen and oxygen atoms in total. The molecule has 240 valence electrons. The van der Waals surface area contributed by atoms with E-state index in [0.717, 1.165) is 55.8 Å². The number of benzene rings is 7. The van der Waals surface area contributed by atoms with Gasteiger partial charge in [0.2, 0.25) is 5.71 Å². The van der Waals surface area contributed by atoms with E-state index in [2.05, 4.69) is 178 Å². The lowest BCUT2D eigenvalue weighted by Crippen LogP contribution is -2.09. The summed E-state index contributed by atoms with van der Waals surface area (Å²) in [6, 6.07) is 64.5. The maximum atomic E-state index is 6.08. The van der Waals surface area contributed by atoms with Crippen molar-refractivity contribution in [2.24, 2.45) is 0 Å². The van der Waals surface area contributed by atoms with Crippen molar-refractivity contribution in [1.29, 1.82) is 0 Å². The molecule has 0 unspecified atom stereocenters. The molecule has 0 aliphatic rings. The summed E-state index contributed by atoms with van der Waals surface area (Å²) in [5.74, 6) is 0. The molecule has 0 aliphatic carbocycles. The summed E-state index contributed by atoms with van der Waals surface area (Å²) < 4.78 is 8.48. The van der Waals surface area contributed by atoms with Crippen LogP contribution in [0.15, 0.2) is 193 Å². The first-order chi connectivity index (χ1) is 25.3. The Kier molecular flexibility index (Phi) is 6.78. The van der Waals surface area contributed by atoms with Crippen LogP contribution in [0.1, 0.15) is 0 Å². The van der Waals surface area contributed by atoms with Crippen LogP contribution in [0.3, 0.4) is 0 Å². The van der Waals surface area contributed by atoms with Crippen molar-refractivity contribution >= 4 is 60.9 Å². The summed E-state index contributed by atoms with van der Waals surface area (Å²) in [5, 5.41) is 4.63. The standard InChI is InChI=1S/C47H31N3O/c1-2-12-34(13-3-1)49(36-28-24-33(25-29-36)38-30-31-48-47-46(38)41-17-7-11-21-45(41)51-47)35-26-22-32(23-27-35)37-14-4-8-18-42(37)50-43-19-9-5-15-39(43)40-16-6-10-20-44(40)50/h1-31H. The molecule has 7 aromatic carbocycles. The molecule has 10 rings (SSSR count). The van der Waals surface area contributed by atoms with Crippen LogP contribution in [-0.2, 0) is 0 Å². The topological polar surface area (TPSA) is 34.2 Å². The molecular weight excluding hydrogens is 623 g/mol. The van der Waals surface area contributed by atoms with Gasteiger partial charge in [-0.3, -0.25) is 0 Å². The van der Waals surface area contributed by atoms with E-state index >= 15 is 0 Å². The maximum Gasteiger partial charge on any atom is 0.227 e. The lowest BCUT2D eigenvalue weighted by atomic mass is 10.0. The summed E-state index contributed by atoms with van der Waals surface area (Å²) in [4.78, 5) is 6.84. The molecule has 0 bridgehead atoms. The summed E-state index contributed by atoms with van der Waals surface area (Å²) in [6.07, 6.45) is 1.82. The average Bonchev–Trinajstić information content (AvgIpc) is 3.75. The molecule has 0 fully saturated rings. The second-order valence-corrected chi connectivity index (χ2v) is 12.8. The summed E-state index contributed by atoms with van der Waals surface area (Å²) in [5.41, 5.74) is 12.9. The number of pyridine rings is 1. The Bertz CT molecular complexity index is 2800. The van der Waals surface area contributed by atoms with Crippen LogP contribution in [0, 0.1) is 0 Å².